The monoisotopic (exact) mass is 396 g/mol. The lowest BCUT2D eigenvalue weighted by Crippen LogP contribution is -2.54. The van der Waals surface area contributed by atoms with Crippen molar-refractivity contribution in [3.63, 3.8) is 0 Å². The standard InChI is InChI=1S/C21H24N4O4/c1-15-4-6-17(7-5-15)25-14-16(13-19(25)26)22-21(28)24-10-8-23(9-11-24)20(27)18-3-2-12-29-18/h2-7,12,16H,8-11,13-14H2,1H3,(H,22,28)/t16-/m0/s1. The van der Waals surface area contributed by atoms with Crippen LogP contribution >= 0.6 is 0 Å². The Morgan fingerprint density at radius 2 is 1.72 bits per heavy atom. The van der Waals surface area contributed by atoms with Crippen molar-refractivity contribution in [3.8, 4) is 0 Å². The first-order valence-corrected chi connectivity index (χ1v) is 9.76. The van der Waals surface area contributed by atoms with E-state index in [1.807, 2.05) is 31.2 Å². The van der Waals surface area contributed by atoms with Crippen molar-refractivity contribution in [2.24, 2.45) is 0 Å². The molecule has 152 valence electrons. The predicted octanol–water partition coefficient (Wildman–Crippen LogP) is 1.86. The zero-order valence-electron chi connectivity index (χ0n) is 16.3. The van der Waals surface area contributed by atoms with E-state index in [1.54, 1.807) is 26.8 Å². The lowest BCUT2D eigenvalue weighted by atomic mass is 10.2. The summed E-state index contributed by atoms with van der Waals surface area (Å²) in [5, 5.41) is 2.96. The Morgan fingerprint density at radius 3 is 2.38 bits per heavy atom. The Hall–Kier alpha value is -3.29. The van der Waals surface area contributed by atoms with E-state index in [4.69, 9.17) is 4.42 Å². The number of amides is 4. The zero-order chi connectivity index (χ0) is 20.4. The van der Waals surface area contributed by atoms with Crippen molar-refractivity contribution in [2.45, 2.75) is 19.4 Å². The minimum absolute atomic E-state index is 0.00742. The molecule has 1 atom stereocenters. The van der Waals surface area contributed by atoms with Crippen LogP contribution in [-0.2, 0) is 4.79 Å². The van der Waals surface area contributed by atoms with Gasteiger partial charge in [0.05, 0.1) is 12.3 Å². The van der Waals surface area contributed by atoms with Crippen LogP contribution in [0.1, 0.15) is 22.5 Å². The maximum absolute atomic E-state index is 12.6. The molecule has 4 amide bonds. The summed E-state index contributed by atoms with van der Waals surface area (Å²) in [6.45, 7) is 4.25. The van der Waals surface area contributed by atoms with Gasteiger partial charge in [-0.3, -0.25) is 9.59 Å². The fourth-order valence-corrected chi connectivity index (χ4v) is 3.71. The number of rotatable bonds is 3. The molecule has 29 heavy (non-hydrogen) atoms. The van der Waals surface area contributed by atoms with E-state index < -0.39 is 0 Å². The number of anilines is 1. The molecule has 0 bridgehead atoms. The first kappa shape index (κ1) is 19.0. The van der Waals surface area contributed by atoms with Gasteiger partial charge in [0.25, 0.3) is 5.91 Å². The minimum Gasteiger partial charge on any atom is -0.459 e. The lowest BCUT2D eigenvalue weighted by molar-refractivity contribution is -0.117. The summed E-state index contributed by atoms with van der Waals surface area (Å²) in [7, 11) is 0. The average Bonchev–Trinajstić information content (AvgIpc) is 3.38. The molecule has 2 aliphatic heterocycles. The van der Waals surface area contributed by atoms with Crippen LogP contribution in [0.25, 0.3) is 0 Å². The third-order valence-electron chi connectivity index (χ3n) is 5.38. The average molecular weight is 396 g/mol. The van der Waals surface area contributed by atoms with Gasteiger partial charge in [0.1, 0.15) is 0 Å². The molecule has 0 unspecified atom stereocenters. The molecule has 0 spiro atoms. The van der Waals surface area contributed by atoms with Gasteiger partial charge in [-0.25, -0.2) is 4.79 Å². The first-order chi connectivity index (χ1) is 14.0. The zero-order valence-corrected chi connectivity index (χ0v) is 16.3. The molecule has 3 heterocycles. The molecule has 0 radical (unpaired) electrons. The number of nitrogens with one attached hydrogen (secondary N) is 1. The smallest absolute Gasteiger partial charge is 0.317 e. The van der Waals surface area contributed by atoms with Gasteiger partial charge >= 0.3 is 6.03 Å². The van der Waals surface area contributed by atoms with Crippen LogP contribution in [0.2, 0.25) is 0 Å². The summed E-state index contributed by atoms with van der Waals surface area (Å²) >= 11 is 0. The third-order valence-corrected chi connectivity index (χ3v) is 5.38. The SMILES string of the molecule is Cc1ccc(N2C[C@@H](NC(=O)N3CCN(C(=O)c4ccco4)CC3)CC2=O)cc1. The van der Waals surface area contributed by atoms with Gasteiger partial charge in [-0.1, -0.05) is 17.7 Å². The number of benzene rings is 1. The van der Waals surface area contributed by atoms with Crippen LogP contribution in [0, 0.1) is 6.92 Å². The number of aryl methyl sites for hydroxylation is 1. The summed E-state index contributed by atoms with van der Waals surface area (Å²) in [5.41, 5.74) is 1.98. The number of furan rings is 1. The highest BCUT2D eigenvalue weighted by molar-refractivity contribution is 5.96. The van der Waals surface area contributed by atoms with Crippen LogP contribution in [-0.4, -0.2) is 66.4 Å². The van der Waals surface area contributed by atoms with E-state index in [0.29, 0.717) is 38.5 Å². The molecule has 1 N–H and O–H groups in total. The second-order valence-electron chi connectivity index (χ2n) is 7.45. The van der Waals surface area contributed by atoms with Gasteiger partial charge in [0, 0.05) is 44.8 Å². The largest absolute Gasteiger partial charge is 0.459 e. The molecule has 8 heteroatoms. The lowest BCUT2D eigenvalue weighted by Gasteiger charge is -2.34. The molecular formula is C21H24N4O4. The summed E-state index contributed by atoms with van der Waals surface area (Å²) < 4.78 is 5.15. The normalized spacial score (nSPS) is 19.6. The molecule has 1 aromatic heterocycles. The molecule has 2 saturated heterocycles. The second-order valence-corrected chi connectivity index (χ2v) is 7.45. The number of piperazine rings is 1. The molecule has 1 aromatic carbocycles. The first-order valence-electron chi connectivity index (χ1n) is 9.76. The fourth-order valence-electron chi connectivity index (χ4n) is 3.71. The molecule has 2 aromatic rings. The van der Waals surface area contributed by atoms with E-state index >= 15 is 0 Å². The highest BCUT2D eigenvalue weighted by atomic mass is 16.3. The van der Waals surface area contributed by atoms with E-state index in [9.17, 15) is 14.4 Å². The Labute approximate surface area is 169 Å². The number of carbonyl (C=O) groups excluding carboxylic acids is 3. The van der Waals surface area contributed by atoms with Crippen molar-refractivity contribution < 1.29 is 18.8 Å². The molecule has 2 aliphatic rings. The Morgan fingerprint density at radius 1 is 1.03 bits per heavy atom. The Bertz CT molecular complexity index is 886. The van der Waals surface area contributed by atoms with Crippen LogP contribution in [0.15, 0.2) is 47.1 Å². The number of carbonyl (C=O) groups is 3. The van der Waals surface area contributed by atoms with Crippen LogP contribution in [0.4, 0.5) is 10.5 Å². The van der Waals surface area contributed by atoms with Crippen LogP contribution in [0.5, 0.6) is 0 Å². The third kappa shape index (κ3) is 4.11. The Kier molecular flexibility index (Phi) is 5.24. The van der Waals surface area contributed by atoms with Gasteiger partial charge < -0.3 is 24.4 Å². The minimum atomic E-state index is -0.223. The van der Waals surface area contributed by atoms with E-state index in [2.05, 4.69) is 5.32 Å². The summed E-state index contributed by atoms with van der Waals surface area (Å²) in [5.74, 6) is 0.154. The highest BCUT2D eigenvalue weighted by Crippen LogP contribution is 2.22. The number of nitrogens with zero attached hydrogens (tertiary/aromatic N) is 3. The van der Waals surface area contributed by atoms with Gasteiger partial charge in [-0.05, 0) is 31.2 Å². The number of hydrogen-bond donors (Lipinski definition) is 1. The number of urea groups is 1. The molecule has 0 aliphatic carbocycles. The van der Waals surface area contributed by atoms with Gasteiger partial charge in [-0.2, -0.15) is 0 Å². The predicted molar refractivity (Wildman–Crippen MR) is 107 cm³/mol. The second kappa shape index (κ2) is 7.98. The van der Waals surface area contributed by atoms with E-state index in [1.165, 1.54) is 6.26 Å². The van der Waals surface area contributed by atoms with Crippen molar-refractivity contribution in [3.05, 3.63) is 54.0 Å². The van der Waals surface area contributed by atoms with Crippen molar-refractivity contribution in [1.82, 2.24) is 15.1 Å². The molecular weight excluding hydrogens is 372 g/mol. The van der Waals surface area contributed by atoms with Crippen LogP contribution < -0.4 is 10.2 Å². The molecule has 0 saturated carbocycles. The summed E-state index contributed by atoms with van der Waals surface area (Å²) in [6.07, 6.45) is 1.76. The maximum atomic E-state index is 12.6. The number of hydrogen-bond acceptors (Lipinski definition) is 4. The topological polar surface area (TPSA) is 86.1 Å². The van der Waals surface area contributed by atoms with Crippen molar-refractivity contribution in [1.29, 1.82) is 0 Å². The van der Waals surface area contributed by atoms with Crippen molar-refractivity contribution >= 4 is 23.5 Å². The van der Waals surface area contributed by atoms with Crippen molar-refractivity contribution in [2.75, 3.05) is 37.6 Å². The Balaban J connectivity index is 1.28. The highest BCUT2D eigenvalue weighted by Gasteiger charge is 2.33. The van der Waals surface area contributed by atoms with E-state index in [-0.39, 0.29) is 30.3 Å². The van der Waals surface area contributed by atoms with E-state index in [0.717, 1.165) is 11.3 Å². The molecule has 8 nitrogen and oxygen atoms in total. The molecule has 4 rings (SSSR count). The maximum Gasteiger partial charge on any atom is 0.317 e. The molecule has 2 fully saturated rings. The summed E-state index contributed by atoms with van der Waals surface area (Å²) in [6, 6.07) is 10.7. The fraction of sp³-hybridized carbons (Fsp3) is 0.381. The van der Waals surface area contributed by atoms with Gasteiger partial charge in [-0.15, -0.1) is 0 Å². The van der Waals surface area contributed by atoms with Gasteiger partial charge in [0.2, 0.25) is 5.91 Å². The quantitative estimate of drug-likeness (QED) is 0.858. The summed E-state index contributed by atoms with van der Waals surface area (Å²) in [4.78, 5) is 42.4. The van der Waals surface area contributed by atoms with Gasteiger partial charge in [0.15, 0.2) is 5.76 Å². The van der Waals surface area contributed by atoms with Crippen LogP contribution in [0.3, 0.4) is 0 Å².